The molecule has 1 aliphatic rings. The highest BCUT2D eigenvalue weighted by molar-refractivity contribution is 7.87. The summed E-state index contributed by atoms with van der Waals surface area (Å²) in [5.41, 5.74) is -1.59. The van der Waals surface area contributed by atoms with Crippen molar-refractivity contribution in [2.75, 3.05) is 0 Å². The lowest BCUT2D eigenvalue weighted by Crippen LogP contribution is -2.30. The van der Waals surface area contributed by atoms with Gasteiger partial charge < -0.3 is 0 Å². The minimum Gasteiger partial charge on any atom is -0.297 e. The van der Waals surface area contributed by atoms with Gasteiger partial charge in [-0.2, -0.15) is 8.42 Å². The molecular weight excluding hydrogens is 332 g/mol. The maximum atomic E-state index is 12.2. The van der Waals surface area contributed by atoms with Crippen LogP contribution in [0.1, 0.15) is 25.7 Å². The average molecular weight is 344 g/mol. The van der Waals surface area contributed by atoms with E-state index < -0.39 is 42.3 Å². The van der Waals surface area contributed by atoms with Crippen LogP contribution in [0.25, 0.3) is 0 Å². The van der Waals surface area contributed by atoms with Crippen molar-refractivity contribution in [3.63, 3.8) is 0 Å². The number of benzene rings is 1. The molecule has 2 rings (SSSR count). The third-order valence-electron chi connectivity index (χ3n) is 3.36. The molecule has 11 heteroatoms. The summed E-state index contributed by atoms with van der Waals surface area (Å²) in [7, 11) is -4.60. The van der Waals surface area contributed by atoms with Crippen LogP contribution in [-0.4, -0.2) is 30.2 Å². The molecule has 0 N–H and O–H groups in total. The number of carbonyl (C=O) groups is 1. The first-order valence-corrected chi connectivity index (χ1v) is 8.02. The highest BCUT2D eigenvalue weighted by Gasteiger charge is 2.34. The second-order valence-electron chi connectivity index (χ2n) is 4.92. The van der Waals surface area contributed by atoms with E-state index in [2.05, 4.69) is 0 Å². The summed E-state index contributed by atoms with van der Waals surface area (Å²) >= 11 is 0. The number of Topliss-reactive ketones (excluding diaryl/α,β-unsaturated/α-hetero) is 1. The Morgan fingerprint density at radius 1 is 1.13 bits per heavy atom. The van der Waals surface area contributed by atoms with Crippen LogP contribution in [0.15, 0.2) is 23.1 Å². The molecule has 0 heterocycles. The summed E-state index contributed by atoms with van der Waals surface area (Å²) in [5, 5.41) is 21.7. The Labute approximate surface area is 130 Å². The van der Waals surface area contributed by atoms with E-state index >= 15 is 0 Å². The number of hydrogen-bond donors (Lipinski definition) is 0. The van der Waals surface area contributed by atoms with Crippen molar-refractivity contribution in [2.24, 2.45) is 0 Å². The first-order valence-electron chi connectivity index (χ1n) is 6.61. The lowest BCUT2D eigenvalue weighted by molar-refractivity contribution is -0.396. The zero-order valence-electron chi connectivity index (χ0n) is 11.7. The fraction of sp³-hybridized carbons (Fsp3) is 0.417. The molecule has 1 saturated carbocycles. The Hall–Kier alpha value is -2.40. The molecule has 124 valence electrons. The van der Waals surface area contributed by atoms with Gasteiger partial charge in [0.15, 0.2) is 10.7 Å². The standard InChI is InChI=1S/C12H12N2O8S/c15-10-3-1-2-4-11(10)22-23(20,21)12-6-5-8(13(16)17)7-9(12)14(18)19/h5-7,11H,1-4H2. The minimum absolute atomic E-state index is 0.183. The first-order chi connectivity index (χ1) is 10.7. The molecule has 23 heavy (non-hydrogen) atoms. The van der Waals surface area contributed by atoms with E-state index in [9.17, 15) is 33.4 Å². The largest absolute Gasteiger partial charge is 0.304 e. The van der Waals surface area contributed by atoms with E-state index in [4.69, 9.17) is 4.18 Å². The molecule has 0 spiro atoms. The smallest absolute Gasteiger partial charge is 0.297 e. The predicted molar refractivity (Wildman–Crippen MR) is 75.3 cm³/mol. The van der Waals surface area contributed by atoms with Crippen molar-refractivity contribution in [1.29, 1.82) is 0 Å². The predicted octanol–water partition coefficient (Wildman–Crippen LogP) is 1.72. The maximum absolute atomic E-state index is 12.2. The molecule has 1 unspecified atom stereocenters. The van der Waals surface area contributed by atoms with Crippen LogP contribution in [0.3, 0.4) is 0 Å². The lowest BCUT2D eigenvalue weighted by Gasteiger charge is -2.20. The number of ketones is 1. The summed E-state index contributed by atoms with van der Waals surface area (Å²) < 4.78 is 29.2. The maximum Gasteiger partial charge on any atom is 0.304 e. The molecule has 1 fully saturated rings. The molecule has 0 radical (unpaired) electrons. The SMILES string of the molecule is O=C1CCCCC1OS(=O)(=O)c1ccc([N+](=O)[O-])cc1[N+](=O)[O-]. The Balaban J connectivity index is 2.40. The number of nitrogens with zero attached hydrogens (tertiary/aromatic N) is 2. The monoisotopic (exact) mass is 344 g/mol. The quantitative estimate of drug-likeness (QED) is 0.445. The van der Waals surface area contributed by atoms with Gasteiger partial charge in [-0.15, -0.1) is 0 Å². The second kappa shape index (κ2) is 6.38. The van der Waals surface area contributed by atoms with Crippen LogP contribution in [0.4, 0.5) is 11.4 Å². The van der Waals surface area contributed by atoms with Gasteiger partial charge in [-0.3, -0.25) is 29.2 Å². The van der Waals surface area contributed by atoms with E-state index in [1.165, 1.54) is 0 Å². The number of carbonyl (C=O) groups excluding carboxylic acids is 1. The molecule has 1 aromatic rings. The van der Waals surface area contributed by atoms with Crippen molar-refractivity contribution < 1.29 is 27.2 Å². The summed E-state index contributed by atoms with van der Waals surface area (Å²) in [6.45, 7) is 0. The number of non-ortho nitro benzene ring substituents is 1. The van der Waals surface area contributed by atoms with E-state index in [0.29, 0.717) is 18.9 Å². The molecule has 1 aromatic carbocycles. The van der Waals surface area contributed by atoms with Crippen LogP contribution >= 0.6 is 0 Å². The summed E-state index contributed by atoms with van der Waals surface area (Å²) in [6, 6.07) is 2.10. The van der Waals surface area contributed by atoms with Gasteiger partial charge >= 0.3 is 10.1 Å². The van der Waals surface area contributed by atoms with Crippen LogP contribution < -0.4 is 0 Å². The highest BCUT2D eigenvalue weighted by Crippen LogP contribution is 2.31. The second-order valence-corrected chi connectivity index (χ2v) is 6.46. The number of rotatable bonds is 5. The summed E-state index contributed by atoms with van der Waals surface area (Å²) in [5.74, 6) is -0.385. The van der Waals surface area contributed by atoms with Crippen LogP contribution in [0.5, 0.6) is 0 Å². The van der Waals surface area contributed by atoms with Crippen molar-refractivity contribution >= 4 is 27.3 Å². The van der Waals surface area contributed by atoms with Gasteiger partial charge in [0.25, 0.3) is 11.4 Å². The van der Waals surface area contributed by atoms with Crippen molar-refractivity contribution in [2.45, 2.75) is 36.7 Å². The zero-order chi connectivity index (χ0) is 17.2. The van der Waals surface area contributed by atoms with Gasteiger partial charge in [0.1, 0.15) is 6.10 Å². The third-order valence-corrected chi connectivity index (χ3v) is 4.73. The summed E-state index contributed by atoms with van der Waals surface area (Å²) in [4.78, 5) is 30.6. The van der Waals surface area contributed by atoms with Gasteiger partial charge in [-0.25, -0.2) is 0 Å². The van der Waals surface area contributed by atoms with Crippen LogP contribution in [0.2, 0.25) is 0 Å². The Morgan fingerprint density at radius 3 is 2.39 bits per heavy atom. The Kier molecular flexibility index (Phi) is 4.71. The Morgan fingerprint density at radius 2 is 1.83 bits per heavy atom. The number of hydrogen-bond acceptors (Lipinski definition) is 8. The fourth-order valence-electron chi connectivity index (χ4n) is 2.23. The van der Waals surface area contributed by atoms with Gasteiger partial charge in [-0.05, 0) is 25.3 Å². The molecule has 10 nitrogen and oxygen atoms in total. The summed E-state index contributed by atoms with van der Waals surface area (Å²) in [6.07, 6.45) is 0.454. The van der Waals surface area contributed by atoms with Gasteiger partial charge in [0.05, 0.1) is 15.9 Å². The molecular formula is C12H12N2O8S. The minimum atomic E-state index is -4.60. The van der Waals surface area contributed by atoms with E-state index in [1.807, 2.05) is 0 Å². The first kappa shape index (κ1) is 17.0. The molecule has 0 bridgehead atoms. The van der Waals surface area contributed by atoms with Crippen LogP contribution in [0, 0.1) is 20.2 Å². The molecule has 0 amide bonds. The zero-order valence-corrected chi connectivity index (χ0v) is 12.5. The van der Waals surface area contributed by atoms with E-state index in [1.54, 1.807) is 0 Å². The Bertz CT molecular complexity index is 773. The fourth-order valence-corrected chi connectivity index (χ4v) is 3.47. The van der Waals surface area contributed by atoms with Gasteiger partial charge in [0, 0.05) is 12.5 Å². The molecule has 1 atom stereocenters. The topological polar surface area (TPSA) is 147 Å². The molecule has 0 saturated heterocycles. The third kappa shape index (κ3) is 3.68. The molecule has 1 aliphatic carbocycles. The van der Waals surface area contributed by atoms with E-state index in [0.717, 1.165) is 12.1 Å². The molecule has 0 aliphatic heterocycles. The highest BCUT2D eigenvalue weighted by atomic mass is 32.2. The van der Waals surface area contributed by atoms with Crippen LogP contribution in [-0.2, 0) is 19.1 Å². The van der Waals surface area contributed by atoms with Crippen molar-refractivity contribution in [3.8, 4) is 0 Å². The van der Waals surface area contributed by atoms with Gasteiger partial charge in [-0.1, -0.05) is 0 Å². The van der Waals surface area contributed by atoms with E-state index in [-0.39, 0.29) is 18.6 Å². The average Bonchev–Trinajstić information content (AvgIpc) is 2.48. The van der Waals surface area contributed by atoms with Gasteiger partial charge in [0.2, 0.25) is 0 Å². The number of nitro groups is 2. The lowest BCUT2D eigenvalue weighted by atomic mass is 9.97. The molecule has 0 aromatic heterocycles. The number of nitro benzene ring substituents is 2. The van der Waals surface area contributed by atoms with Crippen molar-refractivity contribution in [1.82, 2.24) is 0 Å². The normalized spacial score (nSPS) is 18.6. The van der Waals surface area contributed by atoms with Crippen molar-refractivity contribution in [3.05, 3.63) is 38.4 Å².